The van der Waals surface area contributed by atoms with Gasteiger partial charge >= 0.3 is 0 Å². The van der Waals surface area contributed by atoms with E-state index in [0.717, 1.165) is 11.0 Å². The monoisotopic (exact) mass is 291 g/mol. The molecule has 2 aromatic carbocycles. The number of H-pyrrole nitrogens is 1. The Hall–Kier alpha value is -3.42. The van der Waals surface area contributed by atoms with Gasteiger partial charge in [-0.2, -0.15) is 0 Å². The Labute approximate surface area is 123 Å². The lowest BCUT2D eigenvalue weighted by molar-refractivity contribution is 0.102. The Bertz CT molecular complexity index is 981. The summed E-state index contributed by atoms with van der Waals surface area (Å²) in [5.41, 5.74) is 3.11. The summed E-state index contributed by atoms with van der Waals surface area (Å²) in [6, 6.07) is 12.8. The number of aromatic amines is 1. The molecule has 0 radical (unpaired) electrons. The van der Waals surface area contributed by atoms with Gasteiger partial charge in [-0.25, -0.2) is 15.1 Å². The van der Waals surface area contributed by atoms with Crippen molar-refractivity contribution in [3.63, 3.8) is 0 Å². The molecule has 4 rings (SSSR count). The van der Waals surface area contributed by atoms with Crippen LogP contribution in [-0.4, -0.2) is 36.5 Å². The van der Waals surface area contributed by atoms with E-state index in [4.69, 9.17) is 0 Å². The van der Waals surface area contributed by atoms with Crippen LogP contribution in [0.4, 0.5) is 5.95 Å². The molecular formula is C14H9N7O. The number of rotatable bonds is 2. The minimum absolute atomic E-state index is 0.177. The molecular weight excluding hydrogens is 282 g/mol. The molecule has 2 N–H and O–H groups in total. The number of carbonyl (C=O) groups is 1. The fourth-order valence-corrected chi connectivity index (χ4v) is 2.21. The van der Waals surface area contributed by atoms with Crippen molar-refractivity contribution in [3.8, 4) is 0 Å². The van der Waals surface area contributed by atoms with E-state index in [-0.39, 0.29) is 11.9 Å². The molecule has 0 spiro atoms. The quantitative estimate of drug-likeness (QED) is 0.542. The molecule has 8 heteroatoms. The van der Waals surface area contributed by atoms with Crippen LogP contribution in [0.2, 0.25) is 0 Å². The Morgan fingerprint density at radius 3 is 2.50 bits per heavy atom. The van der Waals surface area contributed by atoms with Gasteiger partial charge in [-0.05, 0) is 34.7 Å². The summed E-state index contributed by atoms with van der Waals surface area (Å²) in [5, 5.41) is 15.5. The second-order valence-electron chi connectivity index (χ2n) is 4.59. The van der Waals surface area contributed by atoms with Crippen LogP contribution in [0.15, 0.2) is 42.5 Å². The third-order valence-electron chi connectivity index (χ3n) is 3.19. The predicted molar refractivity (Wildman–Crippen MR) is 79.2 cm³/mol. The van der Waals surface area contributed by atoms with Crippen LogP contribution in [0, 0.1) is 0 Å². The largest absolute Gasteiger partial charge is 0.289 e. The summed E-state index contributed by atoms with van der Waals surface area (Å²) in [4.78, 5) is 21.4. The van der Waals surface area contributed by atoms with Gasteiger partial charge in [0, 0.05) is 0 Å². The van der Waals surface area contributed by atoms with Gasteiger partial charge in [-0.1, -0.05) is 23.3 Å². The topological polar surface area (TPSA) is 109 Å². The fourth-order valence-electron chi connectivity index (χ4n) is 2.21. The number of carbonyl (C=O) groups excluding carboxylic acids is 1. The highest BCUT2D eigenvalue weighted by Crippen LogP contribution is 2.19. The molecule has 4 aromatic rings. The van der Waals surface area contributed by atoms with E-state index in [2.05, 4.69) is 35.9 Å². The molecule has 2 aromatic heterocycles. The first-order chi connectivity index (χ1) is 10.8. The number of nitrogens with one attached hydrogen (secondary N) is 2. The van der Waals surface area contributed by atoms with Gasteiger partial charge in [0.1, 0.15) is 5.52 Å². The van der Waals surface area contributed by atoms with Crippen LogP contribution in [-0.2, 0) is 0 Å². The zero-order chi connectivity index (χ0) is 14.9. The lowest BCUT2D eigenvalue weighted by Gasteiger charge is -2.06. The summed E-state index contributed by atoms with van der Waals surface area (Å²) in [7, 11) is 0. The SMILES string of the molecule is O=C(Nc1nnn[nH]1)c1cccc2nc3ccccc3nc12. The first kappa shape index (κ1) is 12.3. The molecule has 0 unspecified atom stereocenters. The summed E-state index contributed by atoms with van der Waals surface area (Å²) in [6.45, 7) is 0. The minimum Gasteiger partial charge on any atom is -0.289 e. The van der Waals surface area contributed by atoms with Gasteiger partial charge in [0.05, 0.1) is 22.1 Å². The van der Waals surface area contributed by atoms with Gasteiger partial charge in [-0.15, -0.1) is 0 Å². The van der Waals surface area contributed by atoms with Crippen LogP contribution in [0.5, 0.6) is 0 Å². The number of fused-ring (bicyclic) bond motifs is 2. The molecule has 0 aliphatic rings. The number of hydrogen-bond acceptors (Lipinski definition) is 6. The molecule has 0 saturated carbocycles. The Balaban J connectivity index is 1.86. The molecule has 0 saturated heterocycles. The Morgan fingerprint density at radius 1 is 0.955 bits per heavy atom. The van der Waals surface area contributed by atoms with Crippen LogP contribution < -0.4 is 5.32 Å². The minimum atomic E-state index is -0.353. The number of nitrogens with zero attached hydrogens (tertiary/aromatic N) is 5. The van der Waals surface area contributed by atoms with E-state index in [1.165, 1.54) is 0 Å². The molecule has 0 aliphatic heterocycles. The molecule has 0 aliphatic carbocycles. The van der Waals surface area contributed by atoms with E-state index in [0.29, 0.717) is 16.6 Å². The lowest BCUT2D eigenvalue weighted by Crippen LogP contribution is -2.14. The fraction of sp³-hybridized carbons (Fsp3) is 0. The summed E-state index contributed by atoms with van der Waals surface area (Å²) in [5.74, 6) is -0.176. The molecule has 2 heterocycles. The van der Waals surface area contributed by atoms with E-state index < -0.39 is 0 Å². The van der Waals surface area contributed by atoms with Gasteiger partial charge in [0.2, 0.25) is 5.95 Å². The predicted octanol–water partition coefficient (Wildman–Crippen LogP) is 1.55. The normalized spacial score (nSPS) is 10.9. The first-order valence-electron chi connectivity index (χ1n) is 6.52. The van der Waals surface area contributed by atoms with E-state index in [9.17, 15) is 4.79 Å². The van der Waals surface area contributed by atoms with Gasteiger partial charge in [-0.3, -0.25) is 10.1 Å². The van der Waals surface area contributed by atoms with Gasteiger partial charge in [0.25, 0.3) is 5.91 Å². The average molecular weight is 291 g/mol. The highest BCUT2D eigenvalue weighted by atomic mass is 16.1. The molecule has 1 amide bonds. The number of aromatic nitrogens is 6. The smallest absolute Gasteiger partial charge is 0.260 e. The highest BCUT2D eigenvalue weighted by Gasteiger charge is 2.14. The van der Waals surface area contributed by atoms with Crippen molar-refractivity contribution < 1.29 is 4.79 Å². The van der Waals surface area contributed by atoms with E-state index in [1.54, 1.807) is 12.1 Å². The summed E-state index contributed by atoms with van der Waals surface area (Å²) < 4.78 is 0. The van der Waals surface area contributed by atoms with Crippen molar-refractivity contribution in [3.05, 3.63) is 48.0 Å². The van der Waals surface area contributed by atoms with E-state index in [1.807, 2.05) is 30.3 Å². The van der Waals surface area contributed by atoms with E-state index >= 15 is 0 Å². The number of benzene rings is 2. The Kier molecular flexibility index (Phi) is 2.72. The van der Waals surface area contributed by atoms with Crippen LogP contribution in [0.25, 0.3) is 22.1 Å². The summed E-state index contributed by atoms with van der Waals surface area (Å²) >= 11 is 0. The number of tetrazole rings is 1. The van der Waals surface area contributed by atoms with Crippen LogP contribution >= 0.6 is 0 Å². The van der Waals surface area contributed by atoms with Gasteiger partial charge < -0.3 is 0 Å². The lowest BCUT2D eigenvalue weighted by atomic mass is 10.1. The number of amides is 1. The number of hydrogen-bond donors (Lipinski definition) is 2. The third kappa shape index (κ3) is 2.03. The average Bonchev–Trinajstić information content (AvgIpc) is 3.05. The zero-order valence-corrected chi connectivity index (χ0v) is 11.2. The Morgan fingerprint density at radius 2 is 1.73 bits per heavy atom. The standard InChI is InChI=1S/C14H9N7O/c22-13(17-14-18-20-21-19-14)8-4-3-7-11-12(8)16-10-6-2-1-5-9(10)15-11/h1-7H,(H2,17,18,19,20,21,22). The molecule has 106 valence electrons. The van der Waals surface area contributed by atoms with Crippen molar-refractivity contribution in [1.29, 1.82) is 0 Å². The van der Waals surface area contributed by atoms with Crippen molar-refractivity contribution in [2.24, 2.45) is 0 Å². The van der Waals surface area contributed by atoms with Gasteiger partial charge in [0.15, 0.2) is 0 Å². The maximum atomic E-state index is 12.4. The molecule has 0 atom stereocenters. The maximum absolute atomic E-state index is 12.4. The molecule has 0 fully saturated rings. The number of para-hydroxylation sites is 3. The maximum Gasteiger partial charge on any atom is 0.260 e. The van der Waals surface area contributed by atoms with Crippen molar-refractivity contribution in [2.75, 3.05) is 5.32 Å². The second kappa shape index (κ2) is 4.85. The highest BCUT2D eigenvalue weighted by molar-refractivity contribution is 6.11. The zero-order valence-electron chi connectivity index (χ0n) is 11.2. The van der Waals surface area contributed by atoms with Crippen molar-refractivity contribution >= 4 is 33.9 Å². The van der Waals surface area contributed by atoms with Crippen LogP contribution in [0.3, 0.4) is 0 Å². The van der Waals surface area contributed by atoms with Crippen molar-refractivity contribution in [2.45, 2.75) is 0 Å². The summed E-state index contributed by atoms with van der Waals surface area (Å²) in [6.07, 6.45) is 0. The number of anilines is 1. The molecule has 8 nitrogen and oxygen atoms in total. The third-order valence-corrected chi connectivity index (χ3v) is 3.19. The molecule has 22 heavy (non-hydrogen) atoms. The first-order valence-corrected chi connectivity index (χ1v) is 6.52. The molecule has 0 bridgehead atoms. The van der Waals surface area contributed by atoms with Crippen molar-refractivity contribution in [1.82, 2.24) is 30.6 Å². The van der Waals surface area contributed by atoms with Crippen LogP contribution in [0.1, 0.15) is 10.4 Å². The second-order valence-corrected chi connectivity index (χ2v) is 4.59.